The monoisotopic (exact) mass is 234 g/mol. The number of rotatable bonds is 5. The maximum Gasteiger partial charge on any atom is 0.125 e. The molecule has 0 bridgehead atoms. The topological polar surface area (TPSA) is 55.9 Å². The number of hydrogen-bond acceptors (Lipinski definition) is 3. The molecule has 0 fully saturated rings. The summed E-state index contributed by atoms with van der Waals surface area (Å²) in [6.45, 7) is 1.56. The summed E-state index contributed by atoms with van der Waals surface area (Å²) < 4.78 is 14.8. The van der Waals surface area contributed by atoms with E-state index in [4.69, 9.17) is 5.73 Å². The van der Waals surface area contributed by atoms with Crippen molar-refractivity contribution in [3.63, 3.8) is 0 Å². The van der Waals surface area contributed by atoms with Gasteiger partial charge in [-0.05, 0) is 30.7 Å². The van der Waals surface area contributed by atoms with E-state index in [0.717, 1.165) is 19.5 Å². The third-order valence-corrected chi connectivity index (χ3v) is 2.45. The average Bonchev–Trinajstić information content (AvgIpc) is 2.82. The number of aromatic nitrogens is 2. The lowest BCUT2D eigenvalue weighted by Crippen LogP contribution is -2.08. The van der Waals surface area contributed by atoms with Crippen molar-refractivity contribution in [2.75, 3.05) is 17.6 Å². The van der Waals surface area contributed by atoms with Crippen LogP contribution in [0.4, 0.5) is 15.8 Å². The number of nitrogens with two attached hydrogens (primary N) is 1. The van der Waals surface area contributed by atoms with Crippen LogP contribution >= 0.6 is 0 Å². The van der Waals surface area contributed by atoms with Crippen LogP contribution in [0.15, 0.2) is 36.7 Å². The van der Waals surface area contributed by atoms with Crippen molar-refractivity contribution in [3.05, 3.63) is 42.5 Å². The molecule has 3 N–H and O–H groups in total. The predicted molar refractivity (Wildman–Crippen MR) is 66.1 cm³/mol. The van der Waals surface area contributed by atoms with E-state index in [2.05, 4.69) is 10.4 Å². The molecule has 0 aliphatic heterocycles. The first kappa shape index (κ1) is 11.4. The van der Waals surface area contributed by atoms with Crippen molar-refractivity contribution in [1.29, 1.82) is 0 Å². The summed E-state index contributed by atoms with van der Waals surface area (Å²) in [7, 11) is 0. The van der Waals surface area contributed by atoms with Gasteiger partial charge in [0.15, 0.2) is 0 Å². The summed E-state index contributed by atoms with van der Waals surface area (Å²) in [4.78, 5) is 0. The minimum absolute atomic E-state index is 0.284. The molecule has 0 amide bonds. The Kier molecular flexibility index (Phi) is 3.59. The molecule has 2 rings (SSSR count). The summed E-state index contributed by atoms with van der Waals surface area (Å²) in [5.74, 6) is -0.284. The van der Waals surface area contributed by atoms with Gasteiger partial charge in [0.25, 0.3) is 0 Å². The van der Waals surface area contributed by atoms with Crippen LogP contribution in [0.2, 0.25) is 0 Å². The van der Waals surface area contributed by atoms with E-state index in [0.29, 0.717) is 11.4 Å². The van der Waals surface area contributed by atoms with E-state index in [-0.39, 0.29) is 5.82 Å². The molecule has 90 valence electrons. The largest absolute Gasteiger partial charge is 0.397 e. The molecule has 5 heteroatoms. The maximum atomic E-state index is 13.0. The van der Waals surface area contributed by atoms with E-state index >= 15 is 0 Å². The predicted octanol–water partition coefficient (Wildman–Crippen LogP) is 2.11. The Labute approximate surface area is 99.2 Å². The summed E-state index contributed by atoms with van der Waals surface area (Å²) >= 11 is 0. The lowest BCUT2D eigenvalue weighted by atomic mass is 10.2. The van der Waals surface area contributed by atoms with E-state index in [1.54, 1.807) is 12.3 Å². The van der Waals surface area contributed by atoms with Crippen molar-refractivity contribution in [2.45, 2.75) is 13.0 Å². The zero-order valence-corrected chi connectivity index (χ0v) is 9.44. The normalized spacial score (nSPS) is 10.4. The highest BCUT2D eigenvalue weighted by molar-refractivity contribution is 5.65. The van der Waals surface area contributed by atoms with Gasteiger partial charge in [-0.1, -0.05) is 0 Å². The van der Waals surface area contributed by atoms with Crippen LogP contribution in [-0.2, 0) is 6.54 Å². The molecule has 0 atom stereocenters. The molecular weight excluding hydrogens is 219 g/mol. The van der Waals surface area contributed by atoms with Gasteiger partial charge in [0.1, 0.15) is 5.82 Å². The number of anilines is 2. The third kappa shape index (κ3) is 3.21. The molecule has 0 saturated heterocycles. The second-order valence-electron chi connectivity index (χ2n) is 3.78. The van der Waals surface area contributed by atoms with Gasteiger partial charge in [-0.25, -0.2) is 4.39 Å². The molecule has 17 heavy (non-hydrogen) atoms. The molecule has 0 aliphatic carbocycles. The number of halogens is 1. The fourth-order valence-electron chi connectivity index (χ4n) is 1.58. The van der Waals surface area contributed by atoms with E-state index < -0.39 is 0 Å². The van der Waals surface area contributed by atoms with Gasteiger partial charge in [-0.3, -0.25) is 4.68 Å². The quantitative estimate of drug-likeness (QED) is 0.615. The lowest BCUT2D eigenvalue weighted by Gasteiger charge is -2.09. The summed E-state index contributed by atoms with van der Waals surface area (Å²) in [5.41, 5.74) is 6.92. The Morgan fingerprint density at radius 3 is 3.06 bits per heavy atom. The van der Waals surface area contributed by atoms with Crippen molar-refractivity contribution < 1.29 is 4.39 Å². The minimum Gasteiger partial charge on any atom is -0.397 e. The zero-order chi connectivity index (χ0) is 12.1. The van der Waals surface area contributed by atoms with Crippen LogP contribution in [-0.4, -0.2) is 16.3 Å². The summed E-state index contributed by atoms with van der Waals surface area (Å²) in [6, 6.07) is 6.21. The second-order valence-corrected chi connectivity index (χ2v) is 3.78. The highest BCUT2D eigenvalue weighted by atomic mass is 19.1. The smallest absolute Gasteiger partial charge is 0.125 e. The van der Waals surface area contributed by atoms with Gasteiger partial charge >= 0.3 is 0 Å². The first-order valence-corrected chi connectivity index (χ1v) is 5.52. The molecule has 1 aromatic heterocycles. The van der Waals surface area contributed by atoms with Crippen LogP contribution in [0, 0.1) is 5.82 Å². The van der Waals surface area contributed by atoms with E-state index in [1.165, 1.54) is 12.1 Å². The molecule has 4 nitrogen and oxygen atoms in total. The summed E-state index contributed by atoms with van der Waals surface area (Å²) in [5, 5.41) is 7.21. The zero-order valence-electron chi connectivity index (χ0n) is 9.44. The molecule has 0 saturated carbocycles. The Balaban J connectivity index is 1.80. The first-order chi connectivity index (χ1) is 8.25. The van der Waals surface area contributed by atoms with Crippen molar-refractivity contribution in [2.24, 2.45) is 0 Å². The maximum absolute atomic E-state index is 13.0. The number of nitrogen functional groups attached to an aromatic ring is 1. The standard InChI is InChI=1S/C12H15FN4/c13-10-3-4-11(14)12(9-10)15-5-1-7-17-8-2-6-16-17/h2-4,6,8-9,15H,1,5,7,14H2. The van der Waals surface area contributed by atoms with Crippen molar-refractivity contribution in [3.8, 4) is 0 Å². The highest BCUT2D eigenvalue weighted by Crippen LogP contribution is 2.18. The highest BCUT2D eigenvalue weighted by Gasteiger charge is 2.00. The Bertz CT molecular complexity index is 467. The average molecular weight is 234 g/mol. The van der Waals surface area contributed by atoms with Gasteiger partial charge in [0.05, 0.1) is 11.4 Å². The molecule has 0 spiro atoms. The fourth-order valence-corrected chi connectivity index (χ4v) is 1.58. The minimum atomic E-state index is -0.284. The van der Waals surface area contributed by atoms with Crippen LogP contribution < -0.4 is 11.1 Å². The Morgan fingerprint density at radius 2 is 2.29 bits per heavy atom. The fraction of sp³-hybridized carbons (Fsp3) is 0.250. The molecule has 0 radical (unpaired) electrons. The van der Waals surface area contributed by atoms with Crippen LogP contribution in [0.3, 0.4) is 0 Å². The van der Waals surface area contributed by atoms with E-state index in [1.807, 2.05) is 16.9 Å². The number of hydrogen-bond donors (Lipinski definition) is 2. The van der Waals surface area contributed by atoms with Gasteiger partial charge in [-0.2, -0.15) is 5.10 Å². The Hall–Kier alpha value is -2.04. The SMILES string of the molecule is Nc1ccc(F)cc1NCCCn1cccn1. The number of benzene rings is 1. The molecule has 0 aliphatic rings. The van der Waals surface area contributed by atoms with Crippen LogP contribution in [0.25, 0.3) is 0 Å². The van der Waals surface area contributed by atoms with Gasteiger partial charge < -0.3 is 11.1 Å². The van der Waals surface area contributed by atoms with Gasteiger partial charge in [-0.15, -0.1) is 0 Å². The molecule has 2 aromatic rings. The van der Waals surface area contributed by atoms with Crippen molar-refractivity contribution in [1.82, 2.24) is 9.78 Å². The van der Waals surface area contributed by atoms with Gasteiger partial charge in [0.2, 0.25) is 0 Å². The van der Waals surface area contributed by atoms with Gasteiger partial charge in [0, 0.05) is 25.5 Å². The molecule has 0 unspecified atom stereocenters. The van der Waals surface area contributed by atoms with E-state index in [9.17, 15) is 4.39 Å². The number of nitrogens with zero attached hydrogens (tertiary/aromatic N) is 2. The summed E-state index contributed by atoms with van der Waals surface area (Å²) in [6.07, 6.45) is 4.56. The molecule has 1 heterocycles. The molecular formula is C12H15FN4. The number of nitrogens with one attached hydrogen (secondary N) is 1. The third-order valence-electron chi connectivity index (χ3n) is 2.45. The lowest BCUT2D eigenvalue weighted by molar-refractivity contribution is 0.591. The molecule has 1 aromatic carbocycles. The van der Waals surface area contributed by atoms with Crippen LogP contribution in [0.5, 0.6) is 0 Å². The van der Waals surface area contributed by atoms with Crippen LogP contribution in [0.1, 0.15) is 6.42 Å². The Morgan fingerprint density at radius 1 is 1.41 bits per heavy atom. The first-order valence-electron chi connectivity index (χ1n) is 5.52. The van der Waals surface area contributed by atoms with Crippen molar-refractivity contribution >= 4 is 11.4 Å². The number of aryl methyl sites for hydroxylation is 1. The second kappa shape index (κ2) is 5.34.